The van der Waals surface area contributed by atoms with Crippen LogP contribution in [0.25, 0.3) is 0 Å². The van der Waals surface area contributed by atoms with Crippen LogP contribution in [0.15, 0.2) is 27.6 Å². The molecule has 2 nitrogen and oxygen atoms in total. The number of nitrogens with two attached hydrogens (primary N) is 2. The van der Waals surface area contributed by atoms with Gasteiger partial charge in [0.25, 0.3) is 0 Å². The van der Waals surface area contributed by atoms with Gasteiger partial charge in [0.1, 0.15) is 0 Å². The number of hydrogen-bond donors (Lipinski definition) is 2. The number of rotatable bonds is 2. The summed E-state index contributed by atoms with van der Waals surface area (Å²) in [6.45, 7) is 0. The summed E-state index contributed by atoms with van der Waals surface area (Å²) in [6.07, 6.45) is 4.92. The van der Waals surface area contributed by atoms with Crippen LogP contribution in [0.2, 0.25) is 0 Å². The Morgan fingerprint density at radius 1 is 1.25 bits per heavy atom. The number of hydrogen-bond acceptors (Lipinski definition) is 3. The van der Waals surface area contributed by atoms with Crippen molar-refractivity contribution in [1.29, 1.82) is 0 Å². The fraction of sp³-hybridized carbons (Fsp3) is 0.500. The van der Waals surface area contributed by atoms with E-state index in [4.69, 9.17) is 11.5 Å². The molecule has 4 N–H and O–H groups in total. The van der Waals surface area contributed by atoms with Crippen LogP contribution in [-0.2, 0) is 0 Å². The van der Waals surface area contributed by atoms with E-state index in [9.17, 15) is 0 Å². The lowest BCUT2D eigenvalue weighted by Crippen LogP contribution is -2.35. The molecule has 2 rings (SSSR count). The molecule has 2 unspecified atom stereocenters. The Labute approximate surface area is 109 Å². The molecule has 0 radical (unpaired) electrons. The Morgan fingerprint density at radius 2 is 2.00 bits per heavy atom. The molecule has 0 aliphatic heterocycles. The minimum absolute atomic E-state index is 0.321. The van der Waals surface area contributed by atoms with Crippen LogP contribution in [0.3, 0.4) is 0 Å². The second-order valence-electron chi connectivity index (χ2n) is 4.29. The van der Waals surface area contributed by atoms with E-state index in [1.807, 2.05) is 23.9 Å². The molecule has 1 fully saturated rings. The third kappa shape index (κ3) is 2.93. The number of halogens is 1. The smallest absolute Gasteiger partial charge is 0.0463 e. The minimum Gasteiger partial charge on any atom is -0.398 e. The van der Waals surface area contributed by atoms with Crippen molar-refractivity contribution >= 4 is 33.4 Å². The van der Waals surface area contributed by atoms with Crippen LogP contribution in [0.4, 0.5) is 5.69 Å². The second-order valence-corrected chi connectivity index (χ2v) is 6.48. The van der Waals surface area contributed by atoms with Crippen LogP contribution < -0.4 is 11.5 Å². The average molecular weight is 301 g/mol. The minimum atomic E-state index is 0.321. The lowest BCUT2D eigenvalue weighted by Gasteiger charge is -2.28. The highest BCUT2D eigenvalue weighted by atomic mass is 79.9. The SMILES string of the molecule is Nc1cc(Br)ccc1SC1CCCCC1N. The first-order valence-corrected chi connectivity index (χ1v) is 7.31. The summed E-state index contributed by atoms with van der Waals surface area (Å²) in [4.78, 5) is 1.16. The number of thioether (sulfide) groups is 1. The van der Waals surface area contributed by atoms with Crippen LogP contribution in [0.5, 0.6) is 0 Å². The molecule has 1 saturated carbocycles. The molecule has 1 aliphatic carbocycles. The van der Waals surface area contributed by atoms with Crippen molar-refractivity contribution in [2.75, 3.05) is 5.73 Å². The fourth-order valence-electron chi connectivity index (χ4n) is 2.06. The van der Waals surface area contributed by atoms with Crippen LogP contribution in [0.1, 0.15) is 25.7 Å². The normalized spacial score (nSPS) is 25.6. The third-order valence-electron chi connectivity index (χ3n) is 3.00. The van der Waals surface area contributed by atoms with Gasteiger partial charge in [-0.25, -0.2) is 0 Å². The van der Waals surface area contributed by atoms with Crippen molar-refractivity contribution in [2.45, 2.75) is 41.9 Å². The third-order valence-corrected chi connectivity index (χ3v) is 5.01. The van der Waals surface area contributed by atoms with E-state index in [-0.39, 0.29) is 0 Å². The molecule has 0 spiro atoms. The maximum atomic E-state index is 6.14. The van der Waals surface area contributed by atoms with Crippen LogP contribution in [-0.4, -0.2) is 11.3 Å². The average Bonchev–Trinajstić information content (AvgIpc) is 2.25. The van der Waals surface area contributed by atoms with E-state index in [2.05, 4.69) is 22.0 Å². The van der Waals surface area contributed by atoms with Crippen molar-refractivity contribution in [3.8, 4) is 0 Å². The summed E-state index contributed by atoms with van der Waals surface area (Å²) in [5, 5.41) is 0.525. The quantitative estimate of drug-likeness (QED) is 0.823. The molecule has 0 saturated heterocycles. The van der Waals surface area contributed by atoms with Crippen molar-refractivity contribution in [3.63, 3.8) is 0 Å². The molecule has 1 aliphatic rings. The van der Waals surface area contributed by atoms with Gasteiger partial charge in [-0.1, -0.05) is 28.8 Å². The molecule has 2 atom stereocenters. The molecule has 4 heteroatoms. The first kappa shape index (κ1) is 12.3. The summed E-state index contributed by atoms with van der Waals surface area (Å²) in [6, 6.07) is 6.39. The van der Waals surface area contributed by atoms with Gasteiger partial charge in [0.15, 0.2) is 0 Å². The van der Waals surface area contributed by atoms with Gasteiger partial charge in [0, 0.05) is 26.3 Å². The summed E-state index contributed by atoms with van der Waals surface area (Å²) < 4.78 is 1.03. The molecule has 1 aromatic carbocycles. The zero-order chi connectivity index (χ0) is 11.5. The predicted octanol–water partition coefficient (Wildman–Crippen LogP) is 3.39. The maximum Gasteiger partial charge on any atom is 0.0463 e. The molecule has 16 heavy (non-hydrogen) atoms. The fourth-order valence-corrected chi connectivity index (χ4v) is 3.70. The number of anilines is 1. The highest BCUT2D eigenvalue weighted by Gasteiger charge is 2.23. The molecule has 0 amide bonds. The van der Waals surface area contributed by atoms with Crippen molar-refractivity contribution in [1.82, 2.24) is 0 Å². The summed E-state index contributed by atoms with van der Waals surface area (Å²) in [7, 11) is 0. The van der Waals surface area contributed by atoms with Gasteiger partial charge in [-0.3, -0.25) is 0 Å². The van der Waals surface area contributed by atoms with Crippen LogP contribution >= 0.6 is 27.7 Å². The van der Waals surface area contributed by atoms with Gasteiger partial charge >= 0.3 is 0 Å². The Bertz CT molecular complexity index is 370. The van der Waals surface area contributed by atoms with Crippen molar-refractivity contribution in [3.05, 3.63) is 22.7 Å². The zero-order valence-corrected chi connectivity index (χ0v) is 11.6. The predicted molar refractivity (Wildman–Crippen MR) is 74.6 cm³/mol. The van der Waals surface area contributed by atoms with E-state index in [1.54, 1.807) is 0 Å². The maximum absolute atomic E-state index is 6.14. The van der Waals surface area contributed by atoms with Gasteiger partial charge in [0.05, 0.1) is 0 Å². The number of nitrogen functional groups attached to an aromatic ring is 1. The van der Waals surface area contributed by atoms with Crippen molar-refractivity contribution < 1.29 is 0 Å². The van der Waals surface area contributed by atoms with Gasteiger partial charge in [-0.2, -0.15) is 0 Å². The highest BCUT2D eigenvalue weighted by Crippen LogP contribution is 2.36. The van der Waals surface area contributed by atoms with Gasteiger partial charge in [0.2, 0.25) is 0 Å². The molecule has 0 bridgehead atoms. The lowest BCUT2D eigenvalue weighted by atomic mass is 9.96. The molecular formula is C12H17BrN2S. The molecular weight excluding hydrogens is 284 g/mol. The van der Waals surface area contributed by atoms with E-state index < -0.39 is 0 Å². The molecule has 88 valence electrons. The van der Waals surface area contributed by atoms with E-state index in [0.29, 0.717) is 11.3 Å². The summed E-state index contributed by atoms with van der Waals surface area (Å²) in [5.41, 5.74) is 13.0. The molecule has 0 aromatic heterocycles. The summed E-state index contributed by atoms with van der Waals surface area (Å²) in [5.74, 6) is 0. The highest BCUT2D eigenvalue weighted by molar-refractivity contribution is 9.10. The first-order valence-electron chi connectivity index (χ1n) is 5.64. The standard InChI is InChI=1S/C12H17BrN2S/c13-8-5-6-12(10(15)7-8)16-11-4-2-1-3-9(11)14/h5-7,9,11H,1-4,14-15H2. The number of benzene rings is 1. The zero-order valence-electron chi connectivity index (χ0n) is 9.16. The molecule has 0 heterocycles. The Morgan fingerprint density at radius 3 is 2.69 bits per heavy atom. The lowest BCUT2D eigenvalue weighted by molar-refractivity contribution is 0.453. The van der Waals surface area contributed by atoms with Gasteiger partial charge < -0.3 is 11.5 Å². The Balaban J connectivity index is 2.07. The summed E-state index contributed by atoms with van der Waals surface area (Å²) >= 11 is 5.26. The van der Waals surface area contributed by atoms with Gasteiger partial charge in [-0.05, 0) is 31.0 Å². The van der Waals surface area contributed by atoms with E-state index >= 15 is 0 Å². The van der Waals surface area contributed by atoms with Crippen LogP contribution in [0, 0.1) is 0 Å². The van der Waals surface area contributed by atoms with Crippen molar-refractivity contribution in [2.24, 2.45) is 5.73 Å². The topological polar surface area (TPSA) is 52.0 Å². The first-order chi connectivity index (χ1) is 7.66. The Kier molecular flexibility index (Phi) is 4.16. The largest absolute Gasteiger partial charge is 0.398 e. The van der Waals surface area contributed by atoms with E-state index in [0.717, 1.165) is 21.5 Å². The Hall–Kier alpha value is -0.190. The van der Waals surface area contributed by atoms with E-state index in [1.165, 1.54) is 19.3 Å². The monoisotopic (exact) mass is 300 g/mol. The second kappa shape index (κ2) is 5.43. The van der Waals surface area contributed by atoms with Gasteiger partial charge in [-0.15, -0.1) is 11.8 Å². The molecule has 1 aromatic rings.